The first-order chi connectivity index (χ1) is 11.0. The summed E-state index contributed by atoms with van der Waals surface area (Å²) in [5.74, 6) is -1.26. The number of rotatable bonds is 2. The minimum Gasteiger partial charge on any atom is -0.268 e. The number of halogens is 3. The summed E-state index contributed by atoms with van der Waals surface area (Å²) in [7, 11) is 0. The molecule has 23 heavy (non-hydrogen) atoms. The lowest BCUT2D eigenvalue weighted by molar-refractivity contribution is -0.113. The number of carbonyl (C=O) groups excluding carboxylic acids is 2. The molecule has 3 nitrogen and oxygen atoms in total. The van der Waals surface area contributed by atoms with Crippen LogP contribution in [0.25, 0.3) is 6.08 Å². The number of hydrogen-bond donors (Lipinski definition) is 0. The average molecular weight is 368 g/mol. The standard InChI is InChI=1S/C16H8Cl2FNO2S/c17-10-4-3-5-11(18)9(10)8-14-15(21)20(16(22)23-14)13-7-2-1-6-12(13)19/h1-8H/b14-8-. The van der Waals surface area contributed by atoms with Gasteiger partial charge in [-0.05, 0) is 42.1 Å². The summed E-state index contributed by atoms with van der Waals surface area (Å²) >= 11 is 12.8. The van der Waals surface area contributed by atoms with Crippen molar-refractivity contribution in [3.63, 3.8) is 0 Å². The summed E-state index contributed by atoms with van der Waals surface area (Å²) < 4.78 is 13.9. The highest BCUT2D eigenvalue weighted by atomic mass is 35.5. The molecule has 2 amide bonds. The molecular weight excluding hydrogens is 360 g/mol. The van der Waals surface area contributed by atoms with E-state index in [-0.39, 0.29) is 10.6 Å². The van der Waals surface area contributed by atoms with Crippen LogP contribution < -0.4 is 4.90 Å². The maximum Gasteiger partial charge on any atom is 0.298 e. The predicted molar refractivity (Wildman–Crippen MR) is 91.3 cm³/mol. The van der Waals surface area contributed by atoms with Crippen LogP contribution in [-0.2, 0) is 4.79 Å². The van der Waals surface area contributed by atoms with Crippen molar-refractivity contribution in [3.8, 4) is 0 Å². The highest BCUT2D eigenvalue weighted by Crippen LogP contribution is 2.38. The van der Waals surface area contributed by atoms with Crippen LogP contribution in [0, 0.1) is 5.82 Å². The van der Waals surface area contributed by atoms with Crippen LogP contribution in [0.3, 0.4) is 0 Å². The number of anilines is 1. The van der Waals surface area contributed by atoms with E-state index < -0.39 is 17.0 Å². The zero-order valence-corrected chi connectivity index (χ0v) is 13.8. The molecule has 7 heteroatoms. The van der Waals surface area contributed by atoms with Gasteiger partial charge in [-0.3, -0.25) is 9.59 Å². The first-order valence-electron chi connectivity index (χ1n) is 6.45. The number of imide groups is 1. The van der Waals surface area contributed by atoms with Crippen molar-refractivity contribution in [1.29, 1.82) is 0 Å². The second-order valence-corrected chi connectivity index (χ2v) is 6.41. The Kier molecular flexibility index (Phi) is 4.43. The summed E-state index contributed by atoms with van der Waals surface area (Å²) in [6, 6.07) is 10.5. The van der Waals surface area contributed by atoms with E-state index >= 15 is 0 Å². The van der Waals surface area contributed by atoms with E-state index in [1.54, 1.807) is 24.3 Å². The van der Waals surface area contributed by atoms with Gasteiger partial charge in [-0.2, -0.15) is 0 Å². The third-order valence-corrected chi connectivity index (χ3v) is 4.69. The zero-order chi connectivity index (χ0) is 16.6. The van der Waals surface area contributed by atoms with Crippen LogP contribution in [0.1, 0.15) is 5.56 Å². The van der Waals surface area contributed by atoms with E-state index in [9.17, 15) is 14.0 Å². The molecular formula is C16H8Cl2FNO2S. The molecule has 0 N–H and O–H groups in total. The molecule has 3 rings (SSSR count). The third-order valence-electron chi connectivity index (χ3n) is 3.16. The van der Waals surface area contributed by atoms with Crippen LogP contribution in [-0.4, -0.2) is 11.1 Å². The average Bonchev–Trinajstić information content (AvgIpc) is 2.78. The number of nitrogens with zero attached hydrogens (tertiary/aromatic N) is 1. The van der Waals surface area contributed by atoms with Crippen LogP contribution in [0.5, 0.6) is 0 Å². The van der Waals surface area contributed by atoms with Crippen molar-refractivity contribution < 1.29 is 14.0 Å². The van der Waals surface area contributed by atoms with Crippen LogP contribution >= 0.6 is 35.0 Å². The van der Waals surface area contributed by atoms with E-state index in [4.69, 9.17) is 23.2 Å². The van der Waals surface area contributed by atoms with Gasteiger partial charge in [-0.15, -0.1) is 0 Å². The monoisotopic (exact) mass is 367 g/mol. The lowest BCUT2D eigenvalue weighted by Gasteiger charge is -2.12. The number of benzene rings is 2. The largest absolute Gasteiger partial charge is 0.298 e. The Balaban J connectivity index is 2.02. The fourth-order valence-electron chi connectivity index (χ4n) is 2.09. The molecule has 0 bridgehead atoms. The van der Waals surface area contributed by atoms with E-state index in [1.807, 2.05) is 0 Å². The van der Waals surface area contributed by atoms with Gasteiger partial charge in [0.15, 0.2) is 0 Å². The molecule has 1 fully saturated rings. The Morgan fingerprint density at radius 3 is 2.30 bits per heavy atom. The maximum absolute atomic E-state index is 13.9. The van der Waals surface area contributed by atoms with Crippen LogP contribution in [0.15, 0.2) is 47.4 Å². The van der Waals surface area contributed by atoms with Gasteiger partial charge in [0.1, 0.15) is 5.82 Å². The van der Waals surface area contributed by atoms with Crippen molar-refractivity contribution in [2.75, 3.05) is 4.90 Å². The van der Waals surface area contributed by atoms with E-state index in [1.165, 1.54) is 24.3 Å². The van der Waals surface area contributed by atoms with Crippen molar-refractivity contribution in [2.24, 2.45) is 0 Å². The molecule has 0 aromatic heterocycles. The van der Waals surface area contributed by atoms with Crippen molar-refractivity contribution in [2.45, 2.75) is 0 Å². The number of carbonyl (C=O) groups is 2. The van der Waals surface area contributed by atoms with Gasteiger partial charge in [0.05, 0.1) is 10.6 Å². The summed E-state index contributed by atoms with van der Waals surface area (Å²) in [5, 5.41) is 0.139. The summed E-state index contributed by atoms with van der Waals surface area (Å²) in [6.07, 6.45) is 1.44. The molecule has 0 spiro atoms. The molecule has 0 saturated carbocycles. The SMILES string of the molecule is O=C1S/C(=C\c2c(Cl)cccc2Cl)C(=O)N1c1ccccc1F. The van der Waals surface area contributed by atoms with Gasteiger partial charge >= 0.3 is 0 Å². The normalized spacial score (nSPS) is 16.5. The second-order valence-electron chi connectivity index (χ2n) is 4.60. The van der Waals surface area contributed by atoms with Crippen molar-refractivity contribution in [3.05, 3.63) is 68.8 Å². The summed E-state index contributed by atoms with van der Waals surface area (Å²) in [5.41, 5.74) is 0.360. The van der Waals surface area contributed by atoms with Gasteiger partial charge in [0, 0.05) is 15.6 Å². The van der Waals surface area contributed by atoms with E-state index in [2.05, 4.69) is 0 Å². The maximum atomic E-state index is 13.9. The molecule has 2 aromatic rings. The third kappa shape index (κ3) is 3.00. The second kappa shape index (κ2) is 6.35. The number of amides is 2. The first-order valence-corrected chi connectivity index (χ1v) is 8.03. The molecule has 0 aliphatic carbocycles. The Morgan fingerprint density at radius 1 is 1.00 bits per heavy atom. The van der Waals surface area contributed by atoms with Gasteiger partial charge in [-0.1, -0.05) is 41.4 Å². The van der Waals surface area contributed by atoms with Crippen LogP contribution in [0.4, 0.5) is 14.9 Å². The van der Waals surface area contributed by atoms with Gasteiger partial charge in [-0.25, -0.2) is 9.29 Å². The van der Waals surface area contributed by atoms with E-state index in [0.717, 1.165) is 4.90 Å². The quantitative estimate of drug-likeness (QED) is 0.669. The number of thioether (sulfide) groups is 1. The van der Waals surface area contributed by atoms with Gasteiger partial charge in [0.2, 0.25) is 0 Å². The highest BCUT2D eigenvalue weighted by Gasteiger charge is 2.37. The fraction of sp³-hybridized carbons (Fsp3) is 0. The van der Waals surface area contributed by atoms with Crippen LogP contribution in [0.2, 0.25) is 10.0 Å². The molecule has 1 saturated heterocycles. The Labute approximate surface area is 145 Å². The van der Waals surface area contributed by atoms with Crippen molar-refractivity contribution in [1.82, 2.24) is 0 Å². The minimum absolute atomic E-state index is 0.0799. The topological polar surface area (TPSA) is 37.4 Å². The van der Waals surface area contributed by atoms with Crippen molar-refractivity contribution >= 4 is 57.9 Å². The molecule has 1 aliphatic rings. The van der Waals surface area contributed by atoms with Gasteiger partial charge in [0.25, 0.3) is 11.1 Å². The number of para-hydroxylation sites is 1. The lowest BCUT2D eigenvalue weighted by atomic mass is 10.2. The fourth-order valence-corrected chi connectivity index (χ4v) is 3.41. The highest BCUT2D eigenvalue weighted by molar-refractivity contribution is 8.19. The number of hydrogen-bond acceptors (Lipinski definition) is 3. The lowest BCUT2D eigenvalue weighted by Crippen LogP contribution is -2.28. The molecule has 0 radical (unpaired) electrons. The molecule has 1 aliphatic heterocycles. The Morgan fingerprint density at radius 2 is 1.65 bits per heavy atom. The first kappa shape index (κ1) is 16.1. The zero-order valence-electron chi connectivity index (χ0n) is 11.4. The molecule has 0 atom stereocenters. The summed E-state index contributed by atoms with van der Waals surface area (Å²) in [4.78, 5) is 25.5. The molecule has 2 aromatic carbocycles. The van der Waals surface area contributed by atoms with E-state index in [0.29, 0.717) is 27.4 Å². The molecule has 1 heterocycles. The summed E-state index contributed by atoms with van der Waals surface area (Å²) in [6.45, 7) is 0. The Hall–Kier alpha value is -1.82. The minimum atomic E-state index is -0.646. The van der Waals surface area contributed by atoms with Gasteiger partial charge < -0.3 is 0 Å². The molecule has 0 unspecified atom stereocenters. The predicted octanol–water partition coefficient (Wildman–Crippen LogP) is 5.37. The Bertz CT molecular complexity index is 833. The smallest absolute Gasteiger partial charge is 0.268 e. The molecule has 116 valence electrons.